The van der Waals surface area contributed by atoms with E-state index in [1.54, 1.807) is 0 Å². The molecule has 0 heterocycles. The van der Waals surface area contributed by atoms with Crippen molar-refractivity contribution in [2.24, 2.45) is 28.6 Å². The lowest BCUT2D eigenvalue weighted by Gasteiger charge is -2.58. The van der Waals surface area contributed by atoms with Crippen LogP contribution in [0, 0.1) is 28.6 Å². The van der Waals surface area contributed by atoms with Crippen molar-refractivity contribution in [3.8, 4) is 0 Å². The van der Waals surface area contributed by atoms with Gasteiger partial charge in [-0.25, -0.2) is 0 Å². The van der Waals surface area contributed by atoms with E-state index in [0.717, 1.165) is 109 Å². The number of halogens is 1. The molecule has 0 bridgehead atoms. The minimum Gasteiger partial charge on any atom is -0.462 e. The first-order chi connectivity index (χ1) is 30.1. The summed E-state index contributed by atoms with van der Waals surface area (Å²) in [6, 6.07) is 0. The lowest BCUT2D eigenvalue weighted by Crippen LogP contribution is -2.52. The summed E-state index contributed by atoms with van der Waals surface area (Å²) >= 11 is 6.61. The van der Waals surface area contributed by atoms with Crippen LogP contribution in [0.1, 0.15) is 207 Å². The highest BCUT2D eigenvalue weighted by molar-refractivity contribution is 6.43. The third-order valence-electron chi connectivity index (χ3n) is 15.6. The molecule has 6 atom stereocenters. The lowest BCUT2D eigenvalue weighted by molar-refractivity contribution is -0.160. The average Bonchev–Trinajstić information content (AvgIpc) is 3.59. The van der Waals surface area contributed by atoms with E-state index >= 15 is 0 Å². The molecule has 4 rings (SSSR count). The van der Waals surface area contributed by atoms with E-state index in [-0.39, 0.29) is 47.4 Å². The number of allylic oxidation sites excluding steroid dienone is 1. The van der Waals surface area contributed by atoms with Gasteiger partial charge in [0.2, 0.25) is 0 Å². The Labute approximate surface area is 382 Å². The zero-order chi connectivity index (χ0) is 44.6. The summed E-state index contributed by atoms with van der Waals surface area (Å²) < 4.78 is 24.0. The molecule has 10 heteroatoms. The standard InChI is InChI=1S/C52H90ClNO8/c1-5-7-9-11-13-21-37-59-39-41(40-60-38-22-14-12-10-8-6-2)61-48(57)23-17-15-19-33-54(35-36-55)34-20-16-18-24-49(58)62-47-28-27-43-42-25-26-45-50(53)46(56)30-32-51(45,3)44(42)29-31-52(43,47)4/h41-44,47,55H,5-40H2,1-4H3. The fourth-order valence-corrected chi connectivity index (χ4v) is 12.2. The SMILES string of the molecule is CCCCCCCCOCC(COCCCCCCCC)OC(=O)CCCCCN(CCO)CCCCCC(=O)OC1CCC2C3CCC4=C(Cl)C(=O)CCC4(C)C3CCC12C. The van der Waals surface area contributed by atoms with Crippen LogP contribution in [0.5, 0.6) is 0 Å². The van der Waals surface area contributed by atoms with Crippen LogP contribution in [-0.2, 0) is 33.3 Å². The van der Waals surface area contributed by atoms with Crippen molar-refractivity contribution >= 4 is 29.3 Å². The van der Waals surface area contributed by atoms with Gasteiger partial charge < -0.3 is 29.0 Å². The third kappa shape index (κ3) is 16.7. The van der Waals surface area contributed by atoms with Crippen LogP contribution in [0.2, 0.25) is 0 Å². The summed E-state index contributed by atoms with van der Waals surface area (Å²) in [5.74, 6) is 1.61. The van der Waals surface area contributed by atoms with Gasteiger partial charge in [-0.2, -0.15) is 0 Å². The van der Waals surface area contributed by atoms with Crippen molar-refractivity contribution < 1.29 is 38.4 Å². The number of Topliss-reactive ketones (excluding diaryl/α,β-unsaturated/α-hetero) is 1. The number of ether oxygens (including phenoxy) is 4. The van der Waals surface area contributed by atoms with Crippen LogP contribution in [-0.4, -0.2) is 92.6 Å². The van der Waals surface area contributed by atoms with Crippen LogP contribution in [0.15, 0.2) is 10.6 Å². The van der Waals surface area contributed by atoms with Gasteiger partial charge in [0, 0.05) is 44.4 Å². The number of unbranched alkanes of at least 4 members (excludes halogenated alkanes) is 14. The molecule has 6 unspecified atom stereocenters. The molecule has 9 nitrogen and oxygen atoms in total. The minimum atomic E-state index is -0.368. The average molecular weight is 893 g/mol. The third-order valence-corrected chi connectivity index (χ3v) is 16.0. The predicted octanol–water partition coefficient (Wildman–Crippen LogP) is 12.1. The number of hydrogen-bond donors (Lipinski definition) is 1. The van der Waals surface area contributed by atoms with E-state index < -0.39 is 0 Å². The van der Waals surface area contributed by atoms with E-state index in [9.17, 15) is 19.5 Å². The Morgan fingerprint density at radius 2 is 1.27 bits per heavy atom. The highest BCUT2D eigenvalue weighted by Crippen LogP contribution is 2.66. The van der Waals surface area contributed by atoms with Crippen LogP contribution in [0.4, 0.5) is 0 Å². The van der Waals surface area contributed by atoms with Crippen molar-refractivity contribution in [2.45, 2.75) is 220 Å². The summed E-state index contributed by atoms with van der Waals surface area (Å²) in [7, 11) is 0. The molecule has 62 heavy (non-hydrogen) atoms. The number of ketones is 1. The highest BCUT2D eigenvalue weighted by Gasteiger charge is 2.60. The maximum Gasteiger partial charge on any atom is 0.306 e. The summed E-state index contributed by atoms with van der Waals surface area (Å²) in [5.41, 5.74) is 1.28. The predicted molar refractivity (Wildman–Crippen MR) is 250 cm³/mol. The zero-order valence-electron chi connectivity index (χ0n) is 40.0. The van der Waals surface area contributed by atoms with E-state index in [1.807, 2.05) is 0 Å². The maximum atomic E-state index is 13.2. The van der Waals surface area contributed by atoms with Crippen LogP contribution >= 0.6 is 11.6 Å². The lowest BCUT2D eigenvalue weighted by atomic mass is 9.47. The second kappa shape index (κ2) is 29.2. The minimum absolute atomic E-state index is 0.00647. The summed E-state index contributed by atoms with van der Waals surface area (Å²) in [5, 5.41) is 10.3. The Morgan fingerprint density at radius 1 is 0.694 bits per heavy atom. The number of carbonyl (C=O) groups is 3. The Morgan fingerprint density at radius 3 is 1.89 bits per heavy atom. The van der Waals surface area contributed by atoms with Gasteiger partial charge in [0.25, 0.3) is 0 Å². The molecular formula is C52H90ClNO8. The first-order valence-corrected chi connectivity index (χ1v) is 26.2. The van der Waals surface area contributed by atoms with E-state index in [0.29, 0.717) is 75.0 Å². The van der Waals surface area contributed by atoms with Gasteiger partial charge in [-0.15, -0.1) is 0 Å². The molecule has 0 aromatic rings. The first-order valence-electron chi connectivity index (χ1n) is 25.9. The molecule has 0 amide bonds. The molecule has 0 radical (unpaired) electrons. The number of carbonyl (C=O) groups excluding carboxylic acids is 3. The van der Waals surface area contributed by atoms with E-state index in [1.165, 1.54) is 69.8 Å². The molecule has 0 spiro atoms. The molecule has 4 aliphatic rings. The van der Waals surface area contributed by atoms with Crippen molar-refractivity contribution in [2.75, 3.05) is 52.7 Å². The van der Waals surface area contributed by atoms with Crippen LogP contribution in [0.3, 0.4) is 0 Å². The van der Waals surface area contributed by atoms with Gasteiger partial charge in [-0.05, 0) is 125 Å². The fourth-order valence-electron chi connectivity index (χ4n) is 11.8. The summed E-state index contributed by atoms with van der Waals surface area (Å²) in [6.45, 7) is 13.9. The molecule has 3 saturated carbocycles. The number of esters is 2. The highest BCUT2D eigenvalue weighted by atomic mass is 35.5. The van der Waals surface area contributed by atoms with Gasteiger partial charge in [0.1, 0.15) is 12.2 Å². The van der Waals surface area contributed by atoms with Gasteiger partial charge in [0.05, 0.1) is 24.9 Å². The number of aliphatic hydroxyl groups excluding tert-OH is 1. The molecule has 3 fully saturated rings. The van der Waals surface area contributed by atoms with Gasteiger partial charge in [-0.3, -0.25) is 14.4 Å². The molecule has 0 aliphatic heterocycles. The molecule has 4 aliphatic carbocycles. The second-order valence-electron chi connectivity index (χ2n) is 20.1. The number of aliphatic hydroxyl groups is 1. The fraction of sp³-hybridized carbons (Fsp3) is 0.904. The largest absolute Gasteiger partial charge is 0.462 e. The second-order valence-corrected chi connectivity index (χ2v) is 20.5. The normalized spacial score (nSPS) is 25.9. The van der Waals surface area contributed by atoms with Gasteiger partial charge >= 0.3 is 11.9 Å². The van der Waals surface area contributed by atoms with Gasteiger partial charge in [0.15, 0.2) is 5.78 Å². The Hall–Kier alpha value is -1.52. The van der Waals surface area contributed by atoms with E-state index in [4.69, 9.17) is 30.5 Å². The number of fused-ring (bicyclic) bond motifs is 5. The molecule has 0 aromatic heterocycles. The molecule has 0 aromatic carbocycles. The Kier molecular flexibility index (Phi) is 25.0. The Bertz CT molecular complexity index is 1320. The van der Waals surface area contributed by atoms with Crippen LogP contribution < -0.4 is 0 Å². The molecule has 1 N–H and O–H groups in total. The van der Waals surface area contributed by atoms with Crippen molar-refractivity contribution in [3.05, 3.63) is 10.6 Å². The number of hydrogen-bond acceptors (Lipinski definition) is 9. The number of rotatable bonds is 34. The maximum absolute atomic E-state index is 13.2. The Balaban J connectivity index is 1.07. The monoisotopic (exact) mass is 892 g/mol. The topological polar surface area (TPSA) is 112 Å². The quantitative estimate of drug-likeness (QED) is 0.0498. The zero-order valence-corrected chi connectivity index (χ0v) is 40.7. The van der Waals surface area contributed by atoms with Gasteiger partial charge in [-0.1, -0.05) is 116 Å². The summed E-state index contributed by atoms with van der Waals surface area (Å²) in [6.07, 6.45) is 28.2. The van der Waals surface area contributed by atoms with Crippen molar-refractivity contribution in [1.82, 2.24) is 4.90 Å². The van der Waals surface area contributed by atoms with Crippen molar-refractivity contribution in [1.29, 1.82) is 0 Å². The molecule has 358 valence electrons. The van der Waals surface area contributed by atoms with E-state index in [2.05, 4.69) is 32.6 Å². The smallest absolute Gasteiger partial charge is 0.306 e. The first kappa shape index (κ1) is 53.1. The molecule has 0 saturated heterocycles. The summed E-state index contributed by atoms with van der Waals surface area (Å²) in [4.78, 5) is 40.7. The molecular weight excluding hydrogens is 802 g/mol. The van der Waals surface area contributed by atoms with Crippen LogP contribution in [0.25, 0.3) is 0 Å². The van der Waals surface area contributed by atoms with Crippen molar-refractivity contribution in [3.63, 3.8) is 0 Å². The number of nitrogens with zero attached hydrogens (tertiary/aromatic N) is 1.